The van der Waals surface area contributed by atoms with E-state index in [0.717, 1.165) is 24.5 Å². The summed E-state index contributed by atoms with van der Waals surface area (Å²) in [6.07, 6.45) is 7.84. The summed E-state index contributed by atoms with van der Waals surface area (Å²) in [6, 6.07) is 7.82. The van der Waals surface area contributed by atoms with Crippen LogP contribution in [0.15, 0.2) is 24.3 Å². The van der Waals surface area contributed by atoms with Crippen LogP contribution in [0.2, 0.25) is 0 Å². The van der Waals surface area contributed by atoms with Gasteiger partial charge in [0, 0.05) is 6.07 Å². The molecule has 1 saturated heterocycles. The normalized spacial score (nSPS) is 15.4. The lowest BCUT2D eigenvalue weighted by Crippen LogP contribution is -2.20. The van der Waals surface area contributed by atoms with Gasteiger partial charge in [-0.15, -0.1) is 0 Å². The van der Waals surface area contributed by atoms with Gasteiger partial charge in [-0.3, -0.25) is 0 Å². The fraction of sp³-hybridized carbons (Fsp3) is 0.647. The molecule has 0 atom stereocenters. The molecule has 1 heterocycles. The molecule has 0 aromatic heterocycles. The summed E-state index contributed by atoms with van der Waals surface area (Å²) in [6.45, 7) is 4.73. The van der Waals surface area contributed by atoms with Crippen molar-refractivity contribution in [3.8, 4) is 11.5 Å². The molecule has 0 spiro atoms. The fourth-order valence-corrected chi connectivity index (χ4v) is 2.68. The number of ether oxygens (including phenoxy) is 2. The van der Waals surface area contributed by atoms with Gasteiger partial charge >= 0.3 is 0 Å². The molecular formula is C17H27NO2. The quantitative estimate of drug-likeness (QED) is 0.642. The Hall–Kier alpha value is -1.22. The summed E-state index contributed by atoms with van der Waals surface area (Å²) in [7, 11) is 1.68. The van der Waals surface area contributed by atoms with Crippen LogP contribution in [-0.2, 0) is 0 Å². The van der Waals surface area contributed by atoms with Crippen LogP contribution in [0.5, 0.6) is 11.5 Å². The van der Waals surface area contributed by atoms with Gasteiger partial charge in [0.05, 0.1) is 13.7 Å². The zero-order valence-electron chi connectivity index (χ0n) is 12.6. The third kappa shape index (κ3) is 5.41. The molecular weight excluding hydrogens is 250 g/mol. The maximum absolute atomic E-state index is 5.74. The van der Waals surface area contributed by atoms with Crippen molar-refractivity contribution in [2.75, 3.05) is 33.4 Å². The molecule has 1 aromatic carbocycles. The van der Waals surface area contributed by atoms with Gasteiger partial charge in [-0.2, -0.15) is 0 Å². The van der Waals surface area contributed by atoms with Gasteiger partial charge in [0.1, 0.15) is 11.5 Å². The standard InChI is InChI=1S/C17H27NO2/c1-19-16-9-8-10-17(15-16)20-14-7-3-2-4-11-18-12-5-6-13-18/h8-10,15H,2-7,11-14H2,1H3. The summed E-state index contributed by atoms with van der Waals surface area (Å²) in [4.78, 5) is 2.59. The number of unbranched alkanes of at least 4 members (excludes halogenated alkanes) is 3. The Balaban J connectivity index is 1.48. The maximum atomic E-state index is 5.74. The zero-order chi connectivity index (χ0) is 14.0. The van der Waals surface area contributed by atoms with E-state index in [1.807, 2.05) is 24.3 Å². The van der Waals surface area contributed by atoms with Crippen LogP contribution in [0.1, 0.15) is 38.5 Å². The summed E-state index contributed by atoms with van der Waals surface area (Å²) < 4.78 is 10.9. The molecule has 0 unspecified atom stereocenters. The van der Waals surface area contributed by atoms with E-state index in [1.165, 1.54) is 51.7 Å². The lowest BCUT2D eigenvalue weighted by atomic mass is 10.2. The summed E-state index contributed by atoms with van der Waals surface area (Å²) in [5.74, 6) is 1.76. The van der Waals surface area contributed by atoms with Crippen LogP contribution < -0.4 is 9.47 Å². The van der Waals surface area contributed by atoms with E-state index in [4.69, 9.17) is 9.47 Å². The Morgan fingerprint density at radius 3 is 2.55 bits per heavy atom. The van der Waals surface area contributed by atoms with E-state index in [2.05, 4.69) is 4.90 Å². The van der Waals surface area contributed by atoms with E-state index < -0.39 is 0 Å². The molecule has 0 amide bonds. The highest BCUT2D eigenvalue weighted by molar-refractivity contribution is 5.32. The number of rotatable bonds is 9. The van der Waals surface area contributed by atoms with E-state index in [-0.39, 0.29) is 0 Å². The first-order valence-electron chi connectivity index (χ1n) is 7.88. The Bertz CT molecular complexity index is 375. The summed E-state index contributed by atoms with van der Waals surface area (Å²) >= 11 is 0. The Morgan fingerprint density at radius 1 is 1.00 bits per heavy atom. The maximum Gasteiger partial charge on any atom is 0.122 e. The molecule has 20 heavy (non-hydrogen) atoms. The molecule has 112 valence electrons. The molecule has 0 bridgehead atoms. The first-order valence-corrected chi connectivity index (χ1v) is 7.88. The van der Waals surface area contributed by atoms with E-state index in [9.17, 15) is 0 Å². The van der Waals surface area contributed by atoms with Crippen molar-refractivity contribution < 1.29 is 9.47 Å². The second-order valence-electron chi connectivity index (χ2n) is 5.49. The van der Waals surface area contributed by atoms with Crippen molar-refractivity contribution in [3.05, 3.63) is 24.3 Å². The molecule has 1 fully saturated rings. The predicted molar refractivity (Wildman–Crippen MR) is 82.6 cm³/mol. The van der Waals surface area contributed by atoms with Crippen LogP contribution in [-0.4, -0.2) is 38.3 Å². The highest BCUT2D eigenvalue weighted by atomic mass is 16.5. The Kier molecular flexibility index (Phi) is 6.72. The molecule has 0 N–H and O–H groups in total. The van der Waals surface area contributed by atoms with Crippen LogP contribution in [0.4, 0.5) is 0 Å². The lowest BCUT2D eigenvalue weighted by Gasteiger charge is -2.13. The average molecular weight is 277 g/mol. The van der Waals surface area contributed by atoms with Gasteiger partial charge in [-0.1, -0.05) is 18.9 Å². The van der Waals surface area contributed by atoms with Gasteiger partial charge in [0.2, 0.25) is 0 Å². The highest BCUT2D eigenvalue weighted by Gasteiger charge is 2.09. The predicted octanol–water partition coefficient (Wildman–Crippen LogP) is 3.73. The molecule has 0 aliphatic carbocycles. The molecule has 3 nitrogen and oxygen atoms in total. The third-order valence-electron chi connectivity index (χ3n) is 3.88. The molecule has 0 radical (unpaired) electrons. The minimum Gasteiger partial charge on any atom is -0.497 e. The number of methoxy groups -OCH3 is 1. The number of likely N-dealkylation sites (tertiary alicyclic amines) is 1. The SMILES string of the molecule is COc1cccc(OCCCCCCN2CCCC2)c1. The largest absolute Gasteiger partial charge is 0.497 e. The highest BCUT2D eigenvalue weighted by Crippen LogP contribution is 2.19. The number of hydrogen-bond donors (Lipinski definition) is 0. The average Bonchev–Trinajstić information content (AvgIpc) is 3.00. The smallest absolute Gasteiger partial charge is 0.122 e. The van der Waals surface area contributed by atoms with Crippen molar-refractivity contribution in [2.45, 2.75) is 38.5 Å². The van der Waals surface area contributed by atoms with Crippen LogP contribution in [0.3, 0.4) is 0 Å². The van der Waals surface area contributed by atoms with Gasteiger partial charge in [0.25, 0.3) is 0 Å². The van der Waals surface area contributed by atoms with Crippen LogP contribution >= 0.6 is 0 Å². The van der Waals surface area contributed by atoms with E-state index in [0.29, 0.717) is 0 Å². The van der Waals surface area contributed by atoms with Gasteiger partial charge in [-0.25, -0.2) is 0 Å². The first kappa shape index (κ1) is 15.2. The van der Waals surface area contributed by atoms with Crippen molar-refractivity contribution >= 4 is 0 Å². The zero-order valence-corrected chi connectivity index (χ0v) is 12.6. The molecule has 1 aliphatic rings. The lowest BCUT2D eigenvalue weighted by molar-refractivity contribution is 0.295. The number of benzene rings is 1. The Labute approximate surface area is 122 Å². The third-order valence-corrected chi connectivity index (χ3v) is 3.88. The molecule has 0 saturated carbocycles. The second-order valence-corrected chi connectivity index (χ2v) is 5.49. The minimum atomic E-state index is 0.802. The van der Waals surface area contributed by atoms with Crippen molar-refractivity contribution in [1.29, 1.82) is 0 Å². The van der Waals surface area contributed by atoms with Crippen molar-refractivity contribution in [1.82, 2.24) is 4.90 Å². The monoisotopic (exact) mass is 277 g/mol. The molecule has 2 rings (SSSR count). The van der Waals surface area contributed by atoms with Gasteiger partial charge in [0.15, 0.2) is 0 Å². The van der Waals surface area contributed by atoms with Crippen LogP contribution in [0, 0.1) is 0 Å². The molecule has 1 aromatic rings. The molecule has 3 heteroatoms. The minimum absolute atomic E-state index is 0.802. The van der Waals surface area contributed by atoms with Gasteiger partial charge in [-0.05, 0) is 57.5 Å². The molecule has 1 aliphatic heterocycles. The summed E-state index contributed by atoms with van der Waals surface area (Å²) in [5, 5.41) is 0. The number of nitrogens with zero attached hydrogens (tertiary/aromatic N) is 1. The second kappa shape index (κ2) is 8.85. The number of hydrogen-bond acceptors (Lipinski definition) is 3. The summed E-state index contributed by atoms with van der Waals surface area (Å²) in [5.41, 5.74) is 0. The van der Waals surface area contributed by atoms with Gasteiger partial charge < -0.3 is 14.4 Å². The topological polar surface area (TPSA) is 21.7 Å². The van der Waals surface area contributed by atoms with Crippen molar-refractivity contribution in [2.24, 2.45) is 0 Å². The van der Waals surface area contributed by atoms with Crippen molar-refractivity contribution in [3.63, 3.8) is 0 Å². The first-order chi connectivity index (χ1) is 9.88. The van der Waals surface area contributed by atoms with E-state index in [1.54, 1.807) is 7.11 Å². The van der Waals surface area contributed by atoms with E-state index >= 15 is 0 Å². The fourth-order valence-electron chi connectivity index (χ4n) is 2.68. The van der Waals surface area contributed by atoms with Crippen LogP contribution in [0.25, 0.3) is 0 Å². The Morgan fingerprint density at radius 2 is 1.75 bits per heavy atom.